The molecule has 0 radical (unpaired) electrons. The first-order valence-corrected chi connectivity index (χ1v) is 5.13. The second-order valence-electron chi connectivity index (χ2n) is 3.68. The number of ether oxygens (including phenoxy) is 1. The topological polar surface area (TPSA) is 21.3 Å². The normalized spacial score (nSPS) is 20.4. The van der Waals surface area contributed by atoms with Crippen molar-refractivity contribution in [3.63, 3.8) is 0 Å². The van der Waals surface area contributed by atoms with Gasteiger partial charge >= 0.3 is 0 Å². The fourth-order valence-electron chi connectivity index (χ4n) is 1.55. The summed E-state index contributed by atoms with van der Waals surface area (Å²) >= 11 is 5.19. The maximum absolute atomic E-state index is 5.76. The summed E-state index contributed by atoms with van der Waals surface area (Å²) in [5.41, 5.74) is 2.18. The molecule has 1 aliphatic heterocycles. The molecule has 0 bridgehead atoms. The first-order chi connectivity index (χ1) is 6.65. The second kappa shape index (κ2) is 3.58. The number of aryl methyl sites for hydroxylation is 1. The molecule has 0 fully saturated rings. The van der Waals surface area contributed by atoms with Gasteiger partial charge in [0, 0.05) is 6.42 Å². The van der Waals surface area contributed by atoms with Gasteiger partial charge in [-0.1, -0.05) is 18.3 Å². The first kappa shape index (κ1) is 9.46. The molecule has 1 aromatic rings. The van der Waals surface area contributed by atoms with Gasteiger partial charge in [-0.15, -0.1) is 0 Å². The number of hydrogen-bond acceptors (Lipinski definition) is 2. The molecule has 74 valence electrons. The third kappa shape index (κ3) is 1.87. The van der Waals surface area contributed by atoms with Crippen molar-refractivity contribution in [2.45, 2.75) is 26.4 Å². The number of nitrogens with one attached hydrogen (secondary N) is 1. The minimum Gasteiger partial charge on any atom is -0.488 e. The van der Waals surface area contributed by atoms with Crippen molar-refractivity contribution >= 4 is 22.9 Å². The van der Waals surface area contributed by atoms with Crippen molar-refractivity contribution in [1.29, 1.82) is 0 Å². The van der Waals surface area contributed by atoms with E-state index in [4.69, 9.17) is 17.0 Å². The van der Waals surface area contributed by atoms with Gasteiger partial charge in [-0.25, -0.2) is 0 Å². The average molecular weight is 207 g/mol. The Hall–Kier alpha value is -1.09. The summed E-state index contributed by atoms with van der Waals surface area (Å²) < 4.78 is 5.76. The molecule has 0 saturated carbocycles. The van der Waals surface area contributed by atoms with Crippen LogP contribution < -0.4 is 10.1 Å². The Morgan fingerprint density at radius 2 is 2.29 bits per heavy atom. The van der Waals surface area contributed by atoms with Crippen LogP contribution in [0, 0.1) is 6.92 Å². The van der Waals surface area contributed by atoms with E-state index in [9.17, 15) is 0 Å². The lowest BCUT2D eigenvalue weighted by Gasteiger charge is -2.11. The van der Waals surface area contributed by atoms with E-state index in [1.807, 2.05) is 25.1 Å². The van der Waals surface area contributed by atoms with Crippen molar-refractivity contribution in [2.24, 2.45) is 0 Å². The van der Waals surface area contributed by atoms with Gasteiger partial charge in [-0.05, 0) is 31.5 Å². The largest absolute Gasteiger partial charge is 0.488 e. The van der Waals surface area contributed by atoms with Crippen LogP contribution in [0.5, 0.6) is 5.75 Å². The number of rotatable bonds is 0. The summed E-state index contributed by atoms with van der Waals surface area (Å²) in [7, 11) is 0. The van der Waals surface area contributed by atoms with Gasteiger partial charge in [0.2, 0.25) is 0 Å². The number of fused-ring (bicyclic) bond motifs is 1. The molecular formula is C11H13NOS. The molecule has 0 spiro atoms. The smallest absolute Gasteiger partial charge is 0.143 e. The fourth-order valence-corrected chi connectivity index (χ4v) is 1.90. The molecule has 0 unspecified atom stereocenters. The highest BCUT2D eigenvalue weighted by atomic mass is 32.1. The van der Waals surface area contributed by atoms with Crippen LogP contribution in [-0.4, -0.2) is 11.1 Å². The lowest BCUT2D eigenvalue weighted by Crippen LogP contribution is -2.15. The SMILES string of the molecule is Cc1ccc2c(c1)O[C@@H](C)CC(=S)N2. The lowest BCUT2D eigenvalue weighted by molar-refractivity contribution is 0.234. The van der Waals surface area contributed by atoms with Gasteiger partial charge in [0.25, 0.3) is 0 Å². The molecule has 1 aromatic carbocycles. The van der Waals surface area contributed by atoms with E-state index in [-0.39, 0.29) is 6.10 Å². The van der Waals surface area contributed by atoms with Crippen molar-refractivity contribution < 1.29 is 4.74 Å². The molecule has 14 heavy (non-hydrogen) atoms. The first-order valence-electron chi connectivity index (χ1n) is 4.72. The minimum absolute atomic E-state index is 0.151. The van der Waals surface area contributed by atoms with E-state index in [0.717, 1.165) is 22.8 Å². The molecule has 1 atom stereocenters. The molecule has 0 aromatic heterocycles. The number of anilines is 1. The average Bonchev–Trinajstić information content (AvgIpc) is 2.21. The van der Waals surface area contributed by atoms with Crippen LogP contribution in [-0.2, 0) is 0 Å². The lowest BCUT2D eigenvalue weighted by atomic mass is 10.2. The van der Waals surface area contributed by atoms with Crippen LogP contribution >= 0.6 is 12.2 Å². The van der Waals surface area contributed by atoms with E-state index < -0.39 is 0 Å². The molecule has 0 aliphatic carbocycles. The quantitative estimate of drug-likeness (QED) is 0.661. The van der Waals surface area contributed by atoms with Gasteiger partial charge in [-0.3, -0.25) is 0 Å². The Labute approximate surface area is 89.3 Å². The third-order valence-electron chi connectivity index (χ3n) is 2.21. The number of hydrogen-bond donors (Lipinski definition) is 1. The van der Waals surface area contributed by atoms with Crippen molar-refractivity contribution in [3.8, 4) is 5.75 Å². The molecule has 1 aliphatic rings. The summed E-state index contributed by atoms with van der Waals surface area (Å²) in [4.78, 5) is 0.847. The summed E-state index contributed by atoms with van der Waals surface area (Å²) in [6.07, 6.45) is 0.932. The van der Waals surface area contributed by atoms with Gasteiger partial charge in [0.15, 0.2) is 0 Å². The second-order valence-corrected chi connectivity index (χ2v) is 4.17. The summed E-state index contributed by atoms with van der Waals surface area (Å²) in [6.45, 7) is 4.09. The van der Waals surface area contributed by atoms with E-state index in [0.29, 0.717) is 0 Å². The standard InChI is InChI=1S/C11H13NOS/c1-7-3-4-9-10(5-7)13-8(2)6-11(14)12-9/h3-5,8H,6H2,1-2H3,(H,12,14)/t8-/m0/s1. The van der Waals surface area contributed by atoms with Crippen LogP contribution in [0.2, 0.25) is 0 Å². The van der Waals surface area contributed by atoms with Gasteiger partial charge in [-0.2, -0.15) is 0 Å². The Bertz CT molecular complexity index is 376. The van der Waals surface area contributed by atoms with Crippen molar-refractivity contribution in [3.05, 3.63) is 23.8 Å². The predicted molar refractivity (Wildman–Crippen MR) is 62.1 cm³/mol. The minimum atomic E-state index is 0.151. The van der Waals surface area contributed by atoms with E-state index >= 15 is 0 Å². The Kier molecular flexibility index (Phi) is 2.42. The Morgan fingerprint density at radius 3 is 3.07 bits per heavy atom. The zero-order valence-corrected chi connectivity index (χ0v) is 9.15. The van der Waals surface area contributed by atoms with E-state index in [1.165, 1.54) is 5.56 Å². The molecule has 0 amide bonds. The van der Waals surface area contributed by atoms with Crippen LogP contribution in [0.25, 0.3) is 0 Å². The van der Waals surface area contributed by atoms with E-state index in [1.54, 1.807) is 0 Å². The maximum Gasteiger partial charge on any atom is 0.143 e. The molecule has 3 heteroatoms. The highest BCUT2D eigenvalue weighted by molar-refractivity contribution is 7.80. The van der Waals surface area contributed by atoms with E-state index in [2.05, 4.69) is 12.2 Å². The molecular weight excluding hydrogens is 194 g/mol. The van der Waals surface area contributed by atoms with Gasteiger partial charge < -0.3 is 10.1 Å². The van der Waals surface area contributed by atoms with Crippen LogP contribution in [0.1, 0.15) is 18.9 Å². The zero-order chi connectivity index (χ0) is 10.1. The predicted octanol–water partition coefficient (Wildman–Crippen LogP) is 2.91. The van der Waals surface area contributed by atoms with Crippen molar-refractivity contribution in [2.75, 3.05) is 5.32 Å². The monoisotopic (exact) mass is 207 g/mol. The van der Waals surface area contributed by atoms with Crippen molar-refractivity contribution in [1.82, 2.24) is 0 Å². The molecule has 2 nitrogen and oxygen atoms in total. The highest BCUT2D eigenvalue weighted by Crippen LogP contribution is 2.29. The Balaban J connectivity index is 2.41. The fraction of sp³-hybridized carbons (Fsp3) is 0.364. The number of benzene rings is 1. The van der Waals surface area contributed by atoms with Crippen LogP contribution in [0.15, 0.2) is 18.2 Å². The Morgan fingerprint density at radius 1 is 1.50 bits per heavy atom. The maximum atomic E-state index is 5.76. The third-order valence-corrected chi connectivity index (χ3v) is 2.48. The zero-order valence-electron chi connectivity index (χ0n) is 8.33. The highest BCUT2D eigenvalue weighted by Gasteiger charge is 2.16. The van der Waals surface area contributed by atoms with Crippen LogP contribution in [0.3, 0.4) is 0 Å². The number of thiocarbonyl (C=S) groups is 1. The van der Waals surface area contributed by atoms with Crippen LogP contribution in [0.4, 0.5) is 5.69 Å². The van der Waals surface area contributed by atoms with Gasteiger partial charge in [0.05, 0.1) is 10.7 Å². The molecule has 2 rings (SSSR count). The molecule has 1 N–H and O–H groups in total. The summed E-state index contributed by atoms with van der Waals surface area (Å²) in [5, 5.41) is 3.19. The molecule has 0 saturated heterocycles. The summed E-state index contributed by atoms with van der Waals surface area (Å²) in [5.74, 6) is 0.900. The molecule has 1 heterocycles. The summed E-state index contributed by atoms with van der Waals surface area (Å²) in [6, 6.07) is 6.09. The van der Waals surface area contributed by atoms with Gasteiger partial charge in [0.1, 0.15) is 11.9 Å².